The Morgan fingerprint density at radius 3 is 3.00 bits per heavy atom. The van der Waals surface area contributed by atoms with E-state index in [0.717, 1.165) is 29.2 Å². The number of nitrogens with zero attached hydrogens (tertiary/aromatic N) is 3. The number of piperidine rings is 1. The van der Waals surface area contributed by atoms with Crippen LogP contribution in [-0.2, 0) is 14.3 Å². The van der Waals surface area contributed by atoms with Crippen LogP contribution in [-0.4, -0.2) is 51.8 Å². The first-order chi connectivity index (χ1) is 13.5. The maximum Gasteiger partial charge on any atom is 0.310 e. The van der Waals surface area contributed by atoms with Crippen LogP contribution in [0.5, 0.6) is 0 Å². The summed E-state index contributed by atoms with van der Waals surface area (Å²) >= 11 is 7.62. The zero-order valence-electron chi connectivity index (χ0n) is 16.1. The quantitative estimate of drug-likeness (QED) is 0.525. The smallest absolute Gasteiger partial charge is 0.310 e. The Morgan fingerprint density at radius 1 is 1.39 bits per heavy atom. The summed E-state index contributed by atoms with van der Waals surface area (Å²) in [6.45, 7) is 5.23. The molecule has 1 fully saturated rings. The number of carbonyl (C=O) groups excluding carboxylic acids is 2. The van der Waals surface area contributed by atoms with Crippen LogP contribution in [0.4, 0.5) is 0 Å². The van der Waals surface area contributed by atoms with E-state index < -0.39 is 0 Å². The second-order valence-corrected chi connectivity index (χ2v) is 8.03. The molecule has 1 saturated heterocycles. The van der Waals surface area contributed by atoms with E-state index in [-0.39, 0.29) is 23.5 Å². The predicted molar refractivity (Wildman–Crippen MR) is 110 cm³/mol. The van der Waals surface area contributed by atoms with Crippen LogP contribution in [0.3, 0.4) is 0 Å². The van der Waals surface area contributed by atoms with Gasteiger partial charge in [-0.05, 0) is 44.4 Å². The number of ether oxygens (including phenoxy) is 1. The third kappa shape index (κ3) is 4.70. The van der Waals surface area contributed by atoms with Crippen molar-refractivity contribution >= 4 is 35.2 Å². The van der Waals surface area contributed by atoms with Crippen molar-refractivity contribution in [2.24, 2.45) is 5.92 Å². The largest absolute Gasteiger partial charge is 0.466 e. The summed E-state index contributed by atoms with van der Waals surface area (Å²) in [7, 11) is 0. The van der Waals surface area contributed by atoms with E-state index in [1.165, 1.54) is 11.8 Å². The van der Waals surface area contributed by atoms with Crippen molar-refractivity contribution in [1.29, 1.82) is 0 Å². The molecule has 1 unspecified atom stereocenters. The molecule has 150 valence electrons. The summed E-state index contributed by atoms with van der Waals surface area (Å²) in [5, 5.41) is 1.43. The third-order valence-electron chi connectivity index (χ3n) is 4.82. The molecule has 0 aliphatic carbocycles. The fourth-order valence-electron chi connectivity index (χ4n) is 3.31. The maximum absolute atomic E-state index is 12.7. The average molecular weight is 422 g/mol. The van der Waals surface area contributed by atoms with Crippen LogP contribution in [0.2, 0.25) is 5.02 Å². The van der Waals surface area contributed by atoms with E-state index >= 15 is 0 Å². The Labute approximate surface area is 174 Å². The number of amides is 1. The number of halogens is 1. The van der Waals surface area contributed by atoms with Crippen LogP contribution >= 0.6 is 23.4 Å². The first-order valence-corrected chi connectivity index (χ1v) is 10.7. The van der Waals surface area contributed by atoms with Crippen molar-refractivity contribution < 1.29 is 14.3 Å². The van der Waals surface area contributed by atoms with Gasteiger partial charge in [0, 0.05) is 30.5 Å². The monoisotopic (exact) mass is 421 g/mol. The second-order valence-electron chi connectivity index (χ2n) is 6.68. The number of thioether (sulfide) groups is 1. The zero-order chi connectivity index (χ0) is 20.1. The van der Waals surface area contributed by atoms with E-state index in [1.54, 1.807) is 18.0 Å². The molecule has 0 radical (unpaired) electrons. The van der Waals surface area contributed by atoms with Crippen molar-refractivity contribution in [3.63, 3.8) is 0 Å². The summed E-state index contributed by atoms with van der Waals surface area (Å²) in [6, 6.07) is 5.72. The van der Waals surface area contributed by atoms with Crippen LogP contribution in [0.15, 0.2) is 35.7 Å². The topological polar surface area (TPSA) is 64.4 Å². The summed E-state index contributed by atoms with van der Waals surface area (Å²) in [5.74, 6) is -0.152. The SMILES string of the molecule is CCOC(=O)C1CCCN(C(=O)CSc2nccn2-c2cccc(Cl)c2C)C1. The lowest BCUT2D eigenvalue weighted by molar-refractivity contribution is -0.151. The first kappa shape index (κ1) is 20.7. The number of rotatable bonds is 6. The van der Waals surface area contributed by atoms with E-state index in [0.29, 0.717) is 24.7 Å². The van der Waals surface area contributed by atoms with Crippen molar-refractivity contribution in [3.05, 3.63) is 41.2 Å². The minimum atomic E-state index is -0.223. The summed E-state index contributed by atoms with van der Waals surface area (Å²) in [5.41, 5.74) is 1.91. The highest BCUT2D eigenvalue weighted by molar-refractivity contribution is 7.99. The molecule has 1 amide bonds. The number of hydrogen-bond acceptors (Lipinski definition) is 5. The van der Waals surface area contributed by atoms with Gasteiger partial charge < -0.3 is 9.64 Å². The Morgan fingerprint density at radius 2 is 2.21 bits per heavy atom. The fourth-order valence-corrected chi connectivity index (χ4v) is 4.35. The molecule has 6 nitrogen and oxygen atoms in total. The maximum atomic E-state index is 12.7. The van der Waals surface area contributed by atoms with Gasteiger partial charge in [-0.3, -0.25) is 14.2 Å². The minimum Gasteiger partial charge on any atom is -0.466 e. The standard InChI is InChI=1S/C20H24ClN3O3S/c1-3-27-19(26)15-6-5-10-23(12-15)18(25)13-28-20-22-9-11-24(20)17-8-4-7-16(21)14(17)2/h4,7-9,11,15H,3,5-6,10,12-13H2,1-2H3. The molecule has 0 bridgehead atoms. The van der Waals surface area contributed by atoms with Crippen molar-refractivity contribution in [1.82, 2.24) is 14.5 Å². The lowest BCUT2D eigenvalue weighted by Gasteiger charge is -2.31. The fraction of sp³-hybridized carbons (Fsp3) is 0.450. The van der Waals surface area contributed by atoms with Gasteiger partial charge in [-0.15, -0.1) is 0 Å². The predicted octanol–water partition coefficient (Wildman–Crippen LogP) is 3.73. The Bertz CT molecular complexity index is 855. The molecule has 1 atom stereocenters. The molecule has 1 aliphatic rings. The number of aromatic nitrogens is 2. The molecule has 2 aromatic rings. The number of hydrogen-bond donors (Lipinski definition) is 0. The number of carbonyl (C=O) groups is 2. The molecule has 2 heterocycles. The molecular formula is C20H24ClN3O3S. The van der Waals surface area contributed by atoms with Gasteiger partial charge in [0.1, 0.15) is 0 Å². The number of imidazole rings is 1. The molecule has 0 spiro atoms. The van der Waals surface area contributed by atoms with Gasteiger partial charge in [-0.2, -0.15) is 0 Å². The molecular weight excluding hydrogens is 398 g/mol. The summed E-state index contributed by atoms with van der Waals surface area (Å²) in [4.78, 5) is 30.8. The normalized spacial score (nSPS) is 16.8. The number of likely N-dealkylation sites (tertiary alicyclic amines) is 1. The highest BCUT2D eigenvalue weighted by Crippen LogP contribution is 2.27. The van der Waals surface area contributed by atoms with E-state index in [9.17, 15) is 9.59 Å². The van der Waals surface area contributed by atoms with E-state index in [1.807, 2.05) is 35.9 Å². The Kier molecular flexibility index (Phi) is 7.02. The minimum absolute atomic E-state index is 0.0105. The third-order valence-corrected chi connectivity index (χ3v) is 6.19. The Hall–Kier alpha value is -1.99. The van der Waals surface area contributed by atoms with Crippen LogP contribution in [0.25, 0.3) is 5.69 Å². The van der Waals surface area contributed by atoms with Gasteiger partial charge in [0.2, 0.25) is 5.91 Å². The number of esters is 1. The molecule has 1 aromatic heterocycles. The molecule has 0 N–H and O–H groups in total. The summed E-state index contributed by atoms with van der Waals surface area (Å²) in [6.07, 6.45) is 5.17. The van der Waals surface area contributed by atoms with Crippen LogP contribution in [0.1, 0.15) is 25.3 Å². The highest BCUT2D eigenvalue weighted by atomic mass is 35.5. The van der Waals surface area contributed by atoms with Crippen LogP contribution in [0, 0.1) is 12.8 Å². The molecule has 8 heteroatoms. The average Bonchev–Trinajstić information content (AvgIpc) is 3.17. The van der Waals surface area contributed by atoms with Gasteiger partial charge in [-0.1, -0.05) is 29.4 Å². The first-order valence-electron chi connectivity index (χ1n) is 9.37. The molecule has 1 aliphatic heterocycles. The molecule has 1 aromatic carbocycles. The molecule has 0 saturated carbocycles. The lowest BCUT2D eigenvalue weighted by atomic mass is 9.98. The van der Waals surface area contributed by atoms with Crippen molar-refractivity contribution in [2.45, 2.75) is 31.8 Å². The van der Waals surface area contributed by atoms with E-state index in [4.69, 9.17) is 16.3 Å². The van der Waals surface area contributed by atoms with Gasteiger partial charge >= 0.3 is 5.97 Å². The van der Waals surface area contributed by atoms with E-state index in [2.05, 4.69) is 4.98 Å². The Balaban J connectivity index is 1.64. The van der Waals surface area contributed by atoms with Crippen molar-refractivity contribution in [2.75, 3.05) is 25.4 Å². The van der Waals surface area contributed by atoms with Crippen molar-refractivity contribution in [3.8, 4) is 5.69 Å². The number of benzene rings is 1. The van der Waals surface area contributed by atoms with Gasteiger partial charge in [0.15, 0.2) is 5.16 Å². The van der Waals surface area contributed by atoms with Gasteiger partial charge in [0.25, 0.3) is 0 Å². The van der Waals surface area contributed by atoms with Crippen LogP contribution < -0.4 is 0 Å². The highest BCUT2D eigenvalue weighted by Gasteiger charge is 2.29. The lowest BCUT2D eigenvalue weighted by Crippen LogP contribution is -2.43. The van der Waals surface area contributed by atoms with Gasteiger partial charge in [-0.25, -0.2) is 4.98 Å². The summed E-state index contributed by atoms with van der Waals surface area (Å²) < 4.78 is 7.05. The molecule has 28 heavy (non-hydrogen) atoms. The second kappa shape index (κ2) is 9.47. The van der Waals surface area contributed by atoms with Gasteiger partial charge in [0.05, 0.1) is 24.0 Å². The molecule has 3 rings (SSSR count). The zero-order valence-corrected chi connectivity index (χ0v) is 17.6.